The number of piperidine rings is 1. The lowest BCUT2D eigenvalue weighted by molar-refractivity contribution is -0.121. The first kappa shape index (κ1) is 23.4. The number of carbonyl (C=O) groups excluding carboxylic acids is 2. The lowest BCUT2D eigenvalue weighted by atomic mass is 9.95. The molecule has 0 bridgehead atoms. The topological polar surface area (TPSA) is 89.1 Å². The van der Waals surface area contributed by atoms with Crippen LogP contribution in [0.1, 0.15) is 18.4 Å². The molecule has 8 nitrogen and oxygen atoms in total. The number of carbonyl (C=O) groups is 2. The van der Waals surface area contributed by atoms with Crippen LogP contribution in [-0.2, 0) is 9.59 Å². The summed E-state index contributed by atoms with van der Waals surface area (Å²) in [6.45, 7) is 3.58. The largest absolute Gasteiger partial charge is 0.497 e. The fourth-order valence-corrected chi connectivity index (χ4v) is 3.85. The molecule has 172 valence electrons. The summed E-state index contributed by atoms with van der Waals surface area (Å²) in [5.41, 5.74) is 2.34. The Morgan fingerprint density at radius 1 is 0.938 bits per heavy atom. The van der Waals surface area contributed by atoms with Crippen molar-refractivity contribution in [1.29, 1.82) is 0 Å². The minimum atomic E-state index is -0.120. The number of likely N-dealkylation sites (tertiary alicyclic amines) is 1. The predicted octanol–water partition coefficient (Wildman–Crippen LogP) is 3.31. The maximum atomic E-state index is 12.7. The molecule has 1 saturated heterocycles. The molecule has 0 atom stereocenters. The number of hydrogen-bond acceptors (Lipinski definition) is 6. The number of amides is 2. The van der Waals surface area contributed by atoms with Crippen LogP contribution >= 0.6 is 0 Å². The smallest absolute Gasteiger partial charge is 0.238 e. The van der Waals surface area contributed by atoms with Crippen molar-refractivity contribution in [3.05, 3.63) is 42.0 Å². The number of rotatable bonds is 8. The van der Waals surface area contributed by atoms with E-state index in [-0.39, 0.29) is 24.3 Å². The molecular weight excluding hydrogens is 410 g/mol. The second kappa shape index (κ2) is 10.9. The summed E-state index contributed by atoms with van der Waals surface area (Å²) >= 11 is 0. The van der Waals surface area contributed by atoms with E-state index in [0.29, 0.717) is 43.1 Å². The van der Waals surface area contributed by atoms with Gasteiger partial charge in [-0.3, -0.25) is 14.5 Å². The molecule has 1 aliphatic heterocycles. The molecular formula is C24H31N3O5. The molecule has 2 aromatic carbocycles. The molecule has 0 aliphatic carbocycles. The summed E-state index contributed by atoms with van der Waals surface area (Å²) in [4.78, 5) is 27.2. The van der Waals surface area contributed by atoms with Crippen molar-refractivity contribution in [2.45, 2.75) is 19.8 Å². The van der Waals surface area contributed by atoms with Crippen molar-refractivity contribution in [2.75, 3.05) is 51.6 Å². The standard InChI is InChI=1S/C24H31N3O5/c1-16-13-18(5-8-21(16)31-3)25-24(29)17-9-11-27(12-10-17)15-23(28)26-20-7-6-19(30-2)14-22(20)32-4/h5-8,13-14,17H,9-12,15H2,1-4H3,(H,25,29)(H,26,28). The van der Waals surface area contributed by atoms with Crippen LogP contribution in [0.3, 0.4) is 0 Å². The quantitative estimate of drug-likeness (QED) is 0.653. The highest BCUT2D eigenvalue weighted by molar-refractivity contribution is 5.94. The van der Waals surface area contributed by atoms with Crippen LogP contribution in [0.5, 0.6) is 17.2 Å². The van der Waals surface area contributed by atoms with E-state index in [9.17, 15) is 9.59 Å². The van der Waals surface area contributed by atoms with Gasteiger partial charge in [0.25, 0.3) is 0 Å². The Labute approximate surface area is 188 Å². The fourth-order valence-electron chi connectivity index (χ4n) is 3.85. The second-order valence-electron chi connectivity index (χ2n) is 7.84. The predicted molar refractivity (Wildman–Crippen MR) is 124 cm³/mol. The number of hydrogen-bond donors (Lipinski definition) is 2. The Bertz CT molecular complexity index is 955. The zero-order chi connectivity index (χ0) is 23.1. The molecule has 0 aromatic heterocycles. The molecule has 2 amide bonds. The molecule has 0 spiro atoms. The van der Waals surface area contributed by atoms with Gasteiger partial charge in [-0.1, -0.05) is 0 Å². The molecule has 3 rings (SSSR count). The highest BCUT2D eigenvalue weighted by Crippen LogP contribution is 2.29. The Kier molecular flexibility index (Phi) is 7.94. The Morgan fingerprint density at radius 3 is 2.28 bits per heavy atom. The Hall–Kier alpha value is -3.26. The number of nitrogens with zero attached hydrogens (tertiary/aromatic N) is 1. The summed E-state index contributed by atoms with van der Waals surface area (Å²) in [5, 5.41) is 5.89. The number of aryl methyl sites for hydroxylation is 1. The van der Waals surface area contributed by atoms with E-state index in [1.165, 1.54) is 0 Å². The first-order valence-corrected chi connectivity index (χ1v) is 10.6. The van der Waals surface area contributed by atoms with E-state index < -0.39 is 0 Å². The summed E-state index contributed by atoms with van der Waals surface area (Å²) in [6, 6.07) is 10.9. The minimum absolute atomic E-state index is 0.0154. The molecule has 2 N–H and O–H groups in total. The van der Waals surface area contributed by atoms with Crippen LogP contribution in [0.25, 0.3) is 0 Å². The average Bonchev–Trinajstić information content (AvgIpc) is 2.79. The first-order chi connectivity index (χ1) is 15.4. The number of methoxy groups -OCH3 is 3. The van der Waals surface area contributed by atoms with Crippen molar-refractivity contribution >= 4 is 23.2 Å². The van der Waals surface area contributed by atoms with E-state index in [1.54, 1.807) is 39.5 Å². The van der Waals surface area contributed by atoms with Crippen LogP contribution in [0.4, 0.5) is 11.4 Å². The van der Waals surface area contributed by atoms with Gasteiger partial charge in [-0.2, -0.15) is 0 Å². The number of nitrogens with one attached hydrogen (secondary N) is 2. The lowest BCUT2D eigenvalue weighted by Gasteiger charge is -2.30. The van der Waals surface area contributed by atoms with Gasteiger partial charge in [0.05, 0.1) is 33.6 Å². The molecule has 0 saturated carbocycles. The molecule has 0 unspecified atom stereocenters. The molecule has 1 aliphatic rings. The van der Waals surface area contributed by atoms with Crippen molar-refractivity contribution in [3.63, 3.8) is 0 Å². The van der Waals surface area contributed by atoms with E-state index in [2.05, 4.69) is 15.5 Å². The van der Waals surface area contributed by atoms with Gasteiger partial charge >= 0.3 is 0 Å². The molecule has 1 fully saturated rings. The SMILES string of the molecule is COc1ccc(NC(=O)CN2CCC(C(=O)Nc3ccc(OC)c(C)c3)CC2)c(OC)c1. The maximum Gasteiger partial charge on any atom is 0.238 e. The average molecular weight is 442 g/mol. The van der Waals surface area contributed by atoms with Gasteiger partial charge in [-0.15, -0.1) is 0 Å². The van der Waals surface area contributed by atoms with Crippen LogP contribution in [0, 0.1) is 12.8 Å². The van der Waals surface area contributed by atoms with E-state index >= 15 is 0 Å². The van der Waals surface area contributed by atoms with E-state index in [4.69, 9.17) is 14.2 Å². The lowest BCUT2D eigenvalue weighted by Crippen LogP contribution is -2.41. The van der Waals surface area contributed by atoms with Crippen molar-refractivity contribution in [2.24, 2.45) is 5.92 Å². The van der Waals surface area contributed by atoms with Gasteiger partial charge in [0.15, 0.2) is 0 Å². The van der Waals surface area contributed by atoms with Gasteiger partial charge in [-0.05, 0) is 68.8 Å². The first-order valence-electron chi connectivity index (χ1n) is 10.6. The molecule has 32 heavy (non-hydrogen) atoms. The third kappa shape index (κ3) is 5.91. The maximum absolute atomic E-state index is 12.7. The van der Waals surface area contributed by atoms with Gasteiger partial charge < -0.3 is 24.8 Å². The Balaban J connectivity index is 1.47. The fraction of sp³-hybridized carbons (Fsp3) is 0.417. The second-order valence-corrected chi connectivity index (χ2v) is 7.84. The third-order valence-electron chi connectivity index (χ3n) is 5.67. The molecule has 2 aromatic rings. The van der Waals surface area contributed by atoms with Crippen molar-refractivity contribution in [3.8, 4) is 17.2 Å². The molecule has 1 heterocycles. The van der Waals surface area contributed by atoms with Gasteiger partial charge in [0.1, 0.15) is 17.2 Å². The van der Waals surface area contributed by atoms with Gasteiger partial charge in [-0.25, -0.2) is 0 Å². The normalized spacial score (nSPS) is 14.5. The van der Waals surface area contributed by atoms with E-state index in [0.717, 1.165) is 17.0 Å². The molecule has 0 radical (unpaired) electrons. The third-order valence-corrected chi connectivity index (χ3v) is 5.67. The summed E-state index contributed by atoms with van der Waals surface area (Å²) < 4.78 is 15.8. The highest BCUT2D eigenvalue weighted by Gasteiger charge is 2.26. The zero-order valence-corrected chi connectivity index (χ0v) is 19.1. The number of ether oxygens (including phenoxy) is 3. The molecule has 8 heteroatoms. The van der Waals surface area contributed by atoms with Gasteiger partial charge in [0, 0.05) is 17.7 Å². The van der Waals surface area contributed by atoms with Crippen LogP contribution in [0.15, 0.2) is 36.4 Å². The monoisotopic (exact) mass is 441 g/mol. The minimum Gasteiger partial charge on any atom is -0.497 e. The number of anilines is 2. The summed E-state index contributed by atoms with van der Waals surface area (Å²) in [6.07, 6.45) is 1.42. The van der Waals surface area contributed by atoms with Crippen LogP contribution in [0.2, 0.25) is 0 Å². The number of benzene rings is 2. The zero-order valence-electron chi connectivity index (χ0n) is 19.1. The highest BCUT2D eigenvalue weighted by atomic mass is 16.5. The summed E-state index contributed by atoms with van der Waals surface area (Å²) in [7, 11) is 4.75. The van der Waals surface area contributed by atoms with Crippen molar-refractivity contribution < 1.29 is 23.8 Å². The van der Waals surface area contributed by atoms with Crippen LogP contribution in [-0.4, -0.2) is 57.7 Å². The van der Waals surface area contributed by atoms with E-state index in [1.807, 2.05) is 25.1 Å². The summed E-state index contributed by atoms with van der Waals surface area (Å²) in [5.74, 6) is 1.82. The van der Waals surface area contributed by atoms with Gasteiger partial charge in [0.2, 0.25) is 11.8 Å². The Morgan fingerprint density at radius 2 is 1.66 bits per heavy atom. The van der Waals surface area contributed by atoms with Crippen LogP contribution < -0.4 is 24.8 Å². The van der Waals surface area contributed by atoms with Crippen molar-refractivity contribution in [1.82, 2.24) is 4.90 Å².